The molecular weight excluding hydrogens is 458 g/mol. The fourth-order valence-corrected chi connectivity index (χ4v) is 4.42. The van der Waals surface area contributed by atoms with Gasteiger partial charge in [-0.25, -0.2) is 8.78 Å². The van der Waals surface area contributed by atoms with E-state index in [1.54, 1.807) is 6.07 Å². The van der Waals surface area contributed by atoms with Crippen molar-refractivity contribution in [3.8, 4) is 11.1 Å². The molecule has 1 unspecified atom stereocenters. The lowest BCUT2D eigenvalue weighted by Gasteiger charge is -2.40. The Morgan fingerprint density at radius 1 is 0.611 bits per heavy atom. The monoisotopic (exact) mass is 504 g/mol. The molecule has 202 valence electrons. The first-order chi connectivity index (χ1) is 17.5. The Morgan fingerprint density at radius 2 is 1.14 bits per heavy atom. The predicted molar refractivity (Wildman–Crippen MR) is 144 cm³/mol. The number of halogens is 2. The van der Waals surface area contributed by atoms with Gasteiger partial charge in [-0.15, -0.1) is 0 Å². The van der Waals surface area contributed by atoms with E-state index in [2.05, 4.69) is 27.7 Å². The van der Waals surface area contributed by atoms with E-state index < -0.39 is 17.6 Å². The predicted octanol–water partition coefficient (Wildman–Crippen LogP) is 9.40. The number of rotatable bonds is 19. The lowest BCUT2D eigenvalue weighted by molar-refractivity contribution is -0.392. The van der Waals surface area contributed by atoms with Gasteiger partial charge in [-0.1, -0.05) is 96.6 Å². The van der Waals surface area contributed by atoms with Crippen LogP contribution in [0.1, 0.15) is 103 Å². The molecule has 3 nitrogen and oxygen atoms in total. The van der Waals surface area contributed by atoms with Crippen molar-refractivity contribution in [2.75, 3.05) is 19.8 Å². The van der Waals surface area contributed by atoms with Crippen LogP contribution < -0.4 is 0 Å². The van der Waals surface area contributed by atoms with Gasteiger partial charge in [-0.05, 0) is 54.5 Å². The van der Waals surface area contributed by atoms with Crippen LogP contribution >= 0.6 is 0 Å². The number of benzene rings is 2. The van der Waals surface area contributed by atoms with Crippen molar-refractivity contribution < 1.29 is 23.0 Å². The van der Waals surface area contributed by atoms with E-state index in [4.69, 9.17) is 14.2 Å². The molecule has 5 heteroatoms. The zero-order valence-electron chi connectivity index (χ0n) is 22.8. The fourth-order valence-electron chi connectivity index (χ4n) is 4.42. The topological polar surface area (TPSA) is 27.7 Å². The summed E-state index contributed by atoms with van der Waals surface area (Å²) in [5.74, 6) is -2.93. The number of hydrogen-bond acceptors (Lipinski definition) is 3. The van der Waals surface area contributed by atoms with Gasteiger partial charge in [0.15, 0.2) is 11.6 Å². The lowest BCUT2D eigenvalue weighted by atomic mass is 9.89. The van der Waals surface area contributed by atoms with Gasteiger partial charge in [0.1, 0.15) is 0 Å². The number of unbranched alkanes of at least 4 members (excludes halogenated alkanes) is 5. The van der Waals surface area contributed by atoms with Crippen LogP contribution in [0.3, 0.4) is 0 Å². The third kappa shape index (κ3) is 9.24. The normalized spacial score (nSPS) is 12.7. The zero-order chi connectivity index (χ0) is 26.2. The van der Waals surface area contributed by atoms with Gasteiger partial charge < -0.3 is 14.2 Å². The van der Waals surface area contributed by atoms with E-state index in [-0.39, 0.29) is 5.92 Å². The van der Waals surface area contributed by atoms with Gasteiger partial charge in [0.2, 0.25) is 0 Å². The minimum atomic E-state index is -1.14. The molecule has 0 radical (unpaired) electrons. The van der Waals surface area contributed by atoms with Crippen LogP contribution in [0.2, 0.25) is 0 Å². The Morgan fingerprint density at radius 3 is 1.67 bits per heavy atom. The van der Waals surface area contributed by atoms with Gasteiger partial charge in [-0.3, -0.25) is 0 Å². The van der Waals surface area contributed by atoms with E-state index >= 15 is 0 Å². The van der Waals surface area contributed by atoms with Gasteiger partial charge >= 0.3 is 0 Å². The van der Waals surface area contributed by atoms with Gasteiger partial charge in [0, 0.05) is 0 Å². The van der Waals surface area contributed by atoms with Crippen LogP contribution in [0, 0.1) is 11.6 Å². The Bertz CT molecular complexity index is 832. The summed E-state index contributed by atoms with van der Waals surface area (Å²) >= 11 is 0. The summed E-state index contributed by atoms with van der Waals surface area (Å²) in [5.41, 5.74) is 2.55. The summed E-state index contributed by atoms with van der Waals surface area (Å²) in [6.45, 7) is 10.1. The molecule has 0 amide bonds. The first kappa shape index (κ1) is 30.4. The van der Waals surface area contributed by atoms with Crippen LogP contribution in [0.15, 0.2) is 42.5 Å². The van der Waals surface area contributed by atoms with E-state index in [1.807, 2.05) is 24.3 Å². The second-order valence-corrected chi connectivity index (χ2v) is 9.51. The molecule has 0 heterocycles. The van der Waals surface area contributed by atoms with Gasteiger partial charge in [0.25, 0.3) is 5.97 Å². The number of hydrogen-bond donors (Lipinski definition) is 0. The third-order valence-electron chi connectivity index (χ3n) is 6.36. The largest absolute Gasteiger partial charge is 0.327 e. The first-order valence-electron chi connectivity index (χ1n) is 14.0. The molecule has 0 saturated carbocycles. The van der Waals surface area contributed by atoms with Crippen LogP contribution in [0.5, 0.6) is 0 Å². The maximum Gasteiger partial charge on any atom is 0.290 e. The second kappa shape index (κ2) is 16.8. The molecule has 0 bridgehead atoms. The van der Waals surface area contributed by atoms with E-state index in [9.17, 15) is 8.78 Å². The molecule has 0 N–H and O–H groups in total. The maximum atomic E-state index is 13.8. The summed E-state index contributed by atoms with van der Waals surface area (Å²) in [6.07, 6.45) is 10.7. The van der Waals surface area contributed by atoms with E-state index in [0.29, 0.717) is 25.4 Å². The minimum absolute atomic E-state index is 0.104. The zero-order valence-corrected chi connectivity index (χ0v) is 22.8. The van der Waals surface area contributed by atoms with Crippen LogP contribution in [0.4, 0.5) is 8.78 Å². The van der Waals surface area contributed by atoms with Crippen molar-refractivity contribution in [2.24, 2.45) is 0 Å². The summed E-state index contributed by atoms with van der Waals surface area (Å²) in [7, 11) is 0. The average molecular weight is 505 g/mol. The summed E-state index contributed by atoms with van der Waals surface area (Å²) in [4.78, 5) is 0. The fraction of sp³-hybridized carbons (Fsp3) is 0.613. The molecule has 36 heavy (non-hydrogen) atoms. The smallest absolute Gasteiger partial charge is 0.290 e. The van der Waals surface area contributed by atoms with Gasteiger partial charge in [0.05, 0.1) is 25.7 Å². The Balaban J connectivity index is 2.37. The average Bonchev–Trinajstić information content (AvgIpc) is 2.90. The highest BCUT2D eigenvalue weighted by atomic mass is 19.2. The molecule has 0 fully saturated rings. The van der Waals surface area contributed by atoms with Crippen molar-refractivity contribution in [2.45, 2.75) is 104 Å². The standard InChI is InChI=1S/C31H46F2O3/c1-5-9-10-11-12-13-14-28(31(34-21-6-2,35-22-7-3)36-23-8-4)26-17-15-25(16-18-26)27-19-20-29(32)30(33)24-27/h15-20,24,28H,5-14,21-23H2,1-4H3. The lowest BCUT2D eigenvalue weighted by Crippen LogP contribution is -2.46. The molecule has 2 aromatic carbocycles. The molecule has 1 atom stereocenters. The van der Waals surface area contributed by atoms with Crippen molar-refractivity contribution in [3.63, 3.8) is 0 Å². The maximum absolute atomic E-state index is 13.8. The first-order valence-corrected chi connectivity index (χ1v) is 14.0. The second-order valence-electron chi connectivity index (χ2n) is 9.51. The van der Waals surface area contributed by atoms with Crippen LogP contribution in [-0.2, 0) is 14.2 Å². The summed E-state index contributed by atoms with van der Waals surface area (Å²) in [5, 5.41) is 0. The Kier molecular flexibility index (Phi) is 14.2. The molecule has 0 aliphatic heterocycles. The molecule has 0 aliphatic carbocycles. The quantitative estimate of drug-likeness (QED) is 0.141. The number of ether oxygens (including phenoxy) is 3. The van der Waals surface area contributed by atoms with Gasteiger partial charge in [-0.2, -0.15) is 0 Å². The highest BCUT2D eigenvalue weighted by Gasteiger charge is 2.43. The summed E-state index contributed by atoms with van der Waals surface area (Å²) in [6, 6.07) is 12.0. The molecule has 0 spiro atoms. The highest BCUT2D eigenvalue weighted by molar-refractivity contribution is 5.63. The summed E-state index contributed by atoms with van der Waals surface area (Å²) < 4.78 is 46.4. The van der Waals surface area contributed by atoms with Crippen molar-refractivity contribution >= 4 is 0 Å². The highest BCUT2D eigenvalue weighted by Crippen LogP contribution is 2.40. The third-order valence-corrected chi connectivity index (χ3v) is 6.36. The molecule has 0 aromatic heterocycles. The Labute approximate surface area is 217 Å². The van der Waals surface area contributed by atoms with Crippen LogP contribution in [-0.4, -0.2) is 25.8 Å². The van der Waals surface area contributed by atoms with E-state index in [0.717, 1.165) is 49.7 Å². The molecule has 0 aliphatic rings. The van der Waals surface area contributed by atoms with Crippen molar-refractivity contribution in [3.05, 3.63) is 59.7 Å². The Hall–Kier alpha value is -1.82. The minimum Gasteiger partial charge on any atom is -0.327 e. The SMILES string of the molecule is CCCCCCCCC(c1ccc(-c2ccc(F)c(F)c2)cc1)C(OCCC)(OCCC)OCCC. The molecule has 2 aromatic rings. The van der Waals surface area contributed by atoms with Crippen molar-refractivity contribution in [1.29, 1.82) is 0 Å². The van der Waals surface area contributed by atoms with E-state index in [1.165, 1.54) is 37.8 Å². The molecule has 2 rings (SSSR count). The van der Waals surface area contributed by atoms with Crippen LogP contribution in [0.25, 0.3) is 11.1 Å². The molecule has 0 saturated heterocycles. The molecular formula is C31H46F2O3. The van der Waals surface area contributed by atoms with Crippen molar-refractivity contribution in [1.82, 2.24) is 0 Å².